The smallest absolute Gasteiger partial charge is 0.370 e. The van der Waals surface area contributed by atoms with Crippen molar-refractivity contribution in [2.45, 2.75) is 19.0 Å². The normalized spacial score (nSPS) is 13.8. The second-order valence-electron chi connectivity index (χ2n) is 6.02. The molecule has 1 aromatic carbocycles. The number of pyridine rings is 1. The van der Waals surface area contributed by atoms with Gasteiger partial charge in [-0.3, -0.25) is 0 Å². The summed E-state index contributed by atoms with van der Waals surface area (Å²) in [6.07, 6.45) is 0.448. The largest absolute Gasteiger partial charge is 0.416 e. The standard InChI is InChI=1S/C19H14F3N4/c20-19(21,22)14-6-3-12(4-7-14)15-9-11-24-18(25-15)16-8-5-13-2-1-10-23-17(13)26-16/h3-9H,1-2,10H2,(H,23,26). The topological polar surface area (TPSA) is 50.7 Å². The van der Waals surface area contributed by atoms with E-state index >= 15 is 0 Å². The number of aryl methyl sites for hydroxylation is 1. The van der Waals surface area contributed by atoms with Crippen LogP contribution in [0.25, 0.3) is 22.8 Å². The van der Waals surface area contributed by atoms with Crippen LogP contribution >= 0.6 is 0 Å². The van der Waals surface area contributed by atoms with Crippen molar-refractivity contribution in [2.75, 3.05) is 11.9 Å². The Bertz CT molecular complexity index is 936. The summed E-state index contributed by atoms with van der Waals surface area (Å²) in [5.74, 6) is 1.22. The number of anilines is 1. The van der Waals surface area contributed by atoms with E-state index in [0.717, 1.165) is 42.9 Å². The minimum absolute atomic E-state index is 0.387. The first-order chi connectivity index (χ1) is 12.5. The average Bonchev–Trinajstić information content (AvgIpc) is 2.67. The number of aromatic nitrogens is 3. The van der Waals surface area contributed by atoms with Crippen molar-refractivity contribution in [2.24, 2.45) is 0 Å². The third kappa shape index (κ3) is 3.24. The van der Waals surface area contributed by atoms with Crippen molar-refractivity contribution < 1.29 is 13.2 Å². The molecule has 0 saturated heterocycles. The van der Waals surface area contributed by atoms with E-state index in [1.54, 1.807) is 6.07 Å². The van der Waals surface area contributed by atoms with Crippen LogP contribution < -0.4 is 5.32 Å². The zero-order chi connectivity index (χ0) is 18.1. The molecule has 4 rings (SSSR count). The fourth-order valence-electron chi connectivity index (χ4n) is 2.87. The van der Waals surface area contributed by atoms with Crippen molar-refractivity contribution in [3.63, 3.8) is 0 Å². The van der Waals surface area contributed by atoms with Gasteiger partial charge in [0.2, 0.25) is 0 Å². The van der Waals surface area contributed by atoms with Crippen molar-refractivity contribution in [3.05, 3.63) is 59.8 Å². The number of alkyl halides is 3. The first-order valence-corrected chi connectivity index (χ1v) is 8.18. The van der Waals surface area contributed by atoms with Crippen LogP contribution in [0, 0.1) is 6.20 Å². The average molecular weight is 355 g/mol. The van der Waals surface area contributed by atoms with Gasteiger partial charge in [-0.1, -0.05) is 18.2 Å². The van der Waals surface area contributed by atoms with Crippen molar-refractivity contribution >= 4 is 5.82 Å². The van der Waals surface area contributed by atoms with Gasteiger partial charge in [0.15, 0.2) is 5.82 Å². The number of rotatable bonds is 2. The number of benzene rings is 1. The van der Waals surface area contributed by atoms with Crippen molar-refractivity contribution in [1.29, 1.82) is 0 Å². The molecule has 7 heteroatoms. The summed E-state index contributed by atoms with van der Waals surface area (Å²) in [5.41, 5.74) is 2.12. The molecule has 1 aliphatic rings. The first-order valence-electron chi connectivity index (χ1n) is 8.18. The van der Waals surface area contributed by atoms with Crippen LogP contribution in [-0.4, -0.2) is 21.5 Å². The predicted octanol–water partition coefficient (Wildman–Crippen LogP) is 4.38. The van der Waals surface area contributed by atoms with E-state index in [4.69, 9.17) is 0 Å². The molecule has 1 aliphatic heterocycles. The maximum atomic E-state index is 12.7. The minimum Gasteiger partial charge on any atom is -0.370 e. The molecule has 3 aromatic rings. The molecule has 0 saturated carbocycles. The summed E-state index contributed by atoms with van der Waals surface area (Å²) < 4.78 is 38.1. The SMILES string of the molecule is FC(F)(F)c1ccc(-c2c[c]nc(-c3ccc4c(n3)NCCC4)n2)cc1. The number of nitrogens with one attached hydrogen (secondary N) is 1. The summed E-state index contributed by atoms with van der Waals surface area (Å²) in [5, 5.41) is 3.26. The third-order valence-electron chi connectivity index (χ3n) is 4.23. The van der Waals surface area contributed by atoms with E-state index < -0.39 is 11.7 Å². The van der Waals surface area contributed by atoms with Crippen LogP contribution in [0.15, 0.2) is 42.5 Å². The van der Waals surface area contributed by atoms with Crippen LogP contribution in [0.1, 0.15) is 17.5 Å². The Morgan fingerprint density at radius 1 is 0.962 bits per heavy atom. The molecule has 0 atom stereocenters. The lowest BCUT2D eigenvalue weighted by Gasteiger charge is -2.17. The van der Waals surface area contributed by atoms with E-state index in [-0.39, 0.29) is 0 Å². The molecule has 2 aromatic heterocycles. The fourth-order valence-corrected chi connectivity index (χ4v) is 2.87. The molecule has 1 N–H and O–H groups in total. The lowest BCUT2D eigenvalue weighted by molar-refractivity contribution is -0.137. The molecular weight excluding hydrogens is 341 g/mol. The van der Waals surface area contributed by atoms with Gasteiger partial charge in [0.25, 0.3) is 0 Å². The Morgan fingerprint density at radius 2 is 1.77 bits per heavy atom. The Labute approximate surface area is 148 Å². The molecule has 0 amide bonds. The molecule has 0 aliphatic carbocycles. The highest BCUT2D eigenvalue weighted by molar-refractivity contribution is 5.63. The molecule has 0 unspecified atom stereocenters. The van der Waals surface area contributed by atoms with Crippen molar-refractivity contribution in [1.82, 2.24) is 15.0 Å². The maximum absolute atomic E-state index is 12.7. The van der Waals surface area contributed by atoms with Gasteiger partial charge in [-0.25, -0.2) is 15.0 Å². The van der Waals surface area contributed by atoms with Gasteiger partial charge in [-0.05, 0) is 42.7 Å². The van der Waals surface area contributed by atoms with E-state index in [2.05, 4.69) is 26.5 Å². The Balaban J connectivity index is 1.67. The second-order valence-corrected chi connectivity index (χ2v) is 6.02. The van der Waals surface area contributed by atoms with Gasteiger partial charge in [0.05, 0.1) is 17.5 Å². The Hall–Kier alpha value is -2.96. The molecule has 1 radical (unpaired) electrons. The van der Waals surface area contributed by atoms with Crippen molar-refractivity contribution in [3.8, 4) is 22.8 Å². The summed E-state index contributed by atoms with van der Waals surface area (Å²) in [7, 11) is 0. The van der Waals surface area contributed by atoms with Crippen LogP contribution in [0.5, 0.6) is 0 Å². The lowest BCUT2D eigenvalue weighted by atomic mass is 10.1. The highest BCUT2D eigenvalue weighted by Gasteiger charge is 2.30. The summed E-state index contributed by atoms with van der Waals surface area (Å²) >= 11 is 0. The maximum Gasteiger partial charge on any atom is 0.416 e. The zero-order valence-electron chi connectivity index (χ0n) is 13.6. The molecule has 4 nitrogen and oxygen atoms in total. The predicted molar refractivity (Wildman–Crippen MR) is 91.3 cm³/mol. The highest BCUT2D eigenvalue weighted by Crippen LogP contribution is 2.31. The monoisotopic (exact) mass is 355 g/mol. The van der Waals surface area contributed by atoms with Gasteiger partial charge in [-0.15, -0.1) is 0 Å². The van der Waals surface area contributed by atoms with E-state index in [1.807, 2.05) is 12.1 Å². The van der Waals surface area contributed by atoms with Gasteiger partial charge in [0.1, 0.15) is 11.5 Å². The molecule has 0 bridgehead atoms. The zero-order valence-corrected chi connectivity index (χ0v) is 13.6. The van der Waals surface area contributed by atoms with Crippen LogP contribution in [-0.2, 0) is 12.6 Å². The van der Waals surface area contributed by atoms with Crippen LogP contribution in [0.3, 0.4) is 0 Å². The number of fused-ring (bicyclic) bond motifs is 1. The van der Waals surface area contributed by atoms with Crippen LogP contribution in [0.2, 0.25) is 0 Å². The van der Waals surface area contributed by atoms with Gasteiger partial charge < -0.3 is 5.32 Å². The molecule has 26 heavy (non-hydrogen) atoms. The summed E-state index contributed by atoms with van der Waals surface area (Å²) in [4.78, 5) is 13.1. The van der Waals surface area contributed by atoms with E-state index in [9.17, 15) is 13.2 Å². The molecular formula is C19H14F3N4. The lowest BCUT2D eigenvalue weighted by Crippen LogP contribution is -2.13. The Kier molecular flexibility index (Phi) is 4.06. The number of halogens is 3. The van der Waals surface area contributed by atoms with Gasteiger partial charge in [0, 0.05) is 12.1 Å². The minimum atomic E-state index is -4.36. The van der Waals surface area contributed by atoms with E-state index in [0.29, 0.717) is 22.8 Å². The molecule has 3 heterocycles. The third-order valence-corrected chi connectivity index (χ3v) is 4.23. The van der Waals surface area contributed by atoms with Gasteiger partial charge >= 0.3 is 6.18 Å². The van der Waals surface area contributed by atoms with Crippen LogP contribution in [0.4, 0.5) is 19.0 Å². The van der Waals surface area contributed by atoms with Gasteiger partial charge in [-0.2, -0.15) is 13.2 Å². The first kappa shape index (κ1) is 16.5. The summed E-state index contributed by atoms with van der Waals surface area (Å²) in [6, 6.07) is 10.3. The highest BCUT2D eigenvalue weighted by atomic mass is 19.4. The fraction of sp³-hybridized carbons (Fsp3) is 0.211. The molecule has 131 valence electrons. The number of nitrogens with zero attached hydrogens (tertiary/aromatic N) is 3. The second kappa shape index (κ2) is 6.40. The summed E-state index contributed by atoms with van der Waals surface area (Å²) in [6.45, 7) is 0.877. The molecule has 0 spiro atoms. The van der Waals surface area contributed by atoms with E-state index in [1.165, 1.54) is 12.1 Å². The quantitative estimate of drug-likeness (QED) is 0.741. The number of hydrogen-bond acceptors (Lipinski definition) is 4. The Morgan fingerprint density at radius 3 is 2.54 bits per heavy atom. The molecule has 0 fully saturated rings. The number of hydrogen-bond donors (Lipinski definition) is 1.